The number of para-hydroxylation sites is 2. The van der Waals surface area contributed by atoms with Crippen molar-refractivity contribution in [1.82, 2.24) is 14.9 Å². The molecule has 1 aromatic heterocycles. The molecule has 2 atom stereocenters. The zero-order valence-electron chi connectivity index (χ0n) is 15.0. The molecule has 0 aliphatic carbocycles. The summed E-state index contributed by atoms with van der Waals surface area (Å²) in [6.45, 7) is 2.96. The molecule has 6 heteroatoms. The van der Waals surface area contributed by atoms with Gasteiger partial charge in [-0.3, -0.25) is 14.2 Å². The maximum Gasteiger partial charge on any atom is 0.256 e. The SMILES string of the molecule is CC(=O)N[C@@H]1C(=O)n2c(nc3ccccc32)C(=C(C)O)[C@@H]1c1ccccc1. The van der Waals surface area contributed by atoms with E-state index >= 15 is 0 Å². The van der Waals surface area contributed by atoms with Gasteiger partial charge >= 0.3 is 0 Å². The first kappa shape index (κ1) is 17.0. The van der Waals surface area contributed by atoms with Crippen molar-refractivity contribution in [3.8, 4) is 0 Å². The Bertz CT molecular complexity index is 1080. The number of hydrogen-bond acceptors (Lipinski definition) is 4. The van der Waals surface area contributed by atoms with E-state index in [0.717, 1.165) is 5.56 Å². The number of nitrogens with one attached hydrogen (secondary N) is 1. The van der Waals surface area contributed by atoms with Crippen LogP contribution in [0.2, 0.25) is 0 Å². The molecule has 1 aliphatic rings. The summed E-state index contributed by atoms with van der Waals surface area (Å²) in [6, 6.07) is 15.8. The lowest BCUT2D eigenvalue weighted by Crippen LogP contribution is -2.50. The summed E-state index contributed by atoms with van der Waals surface area (Å²) in [5.74, 6) is -0.623. The highest BCUT2D eigenvalue weighted by molar-refractivity contribution is 6.03. The third-order valence-corrected chi connectivity index (χ3v) is 4.84. The quantitative estimate of drug-likeness (QED) is 0.686. The van der Waals surface area contributed by atoms with Gasteiger partial charge < -0.3 is 10.4 Å². The molecule has 0 fully saturated rings. The molecule has 2 heterocycles. The molecule has 136 valence electrons. The summed E-state index contributed by atoms with van der Waals surface area (Å²) >= 11 is 0. The van der Waals surface area contributed by atoms with E-state index in [0.29, 0.717) is 22.4 Å². The maximum absolute atomic E-state index is 13.4. The van der Waals surface area contributed by atoms with Gasteiger partial charge in [-0.2, -0.15) is 0 Å². The third kappa shape index (κ3) is 2.70. The molecule has 0 spiro atoms. The average Bonchev–Trinajstić information content (AvgIpc) is 3.03. The number of hydrogen-bond donors (Lipinski definition) is 2. The minimum absolute atomic E-state index is 0.0725. The van der Waals surface area contributed by atoms with Crippen LogP contribution in [-0.2, 0) is 4.79 Å². The Balaban J connectivity index is 2.04. The number of benzene rings is 2. The van der Waals surface area contributed by atoms with E-state index in [1.807, 2.05) is 54.6 Å². The number of imidazole rings is 1. The molecule has 2 aromatic carbocycles. The van der Waals surface area contributed by atoms with Crippen molar-refractivity contribution in [1.29, 1.82) is 0 Å². The van der Waals surface area contributed by atoms with E-state index in [9.17, 15) is 14.7 Å². The predicted octanol–water partition coefficient (Wildman–Crippen LogP) is 3.27. The van der Waals surface area contributed by atoms with Crippen molar-refractivity contribution in [2.45, 2.75) is 25.8 Å². The highest BCUT2D eigenvalue weighted by Gasteiger charge is 2.43. The zero-order valence-corrected chi connectivity index (χ0v) is 15.0. The number of aromatic nitrogens is 2. The minimum Gasteiger partial charge on any atom is -0.512 e. The molecular weight excluding hydrogens is 342 g/mol. The molecule has 0 saturated heterocycles. The molecular formula is C21H19N3O3. The first-order valence-electron chi connectivity index (χ1n) is 8.73. The van der Waals surface area contributed by atoms with Crippen LogP contribution in [-0.4, -0.2) is 32.5 Å². The van der Waals surface area contributed by atoms with Gasteiger partial charge in [-0.15, -0.1) is 0 Å². The maximum atomic E-state index is 13.4. The van der Waals surface area contributed by atoms with E-state index < -0.39 is 12.0 Å². The first-order chi connectivity index (χ1) is 13.0. The van der Waals surface area contributed by atoms with Crippen LogP contribution in [0, 0.1) is 0 Å². The summed E-state index contributed by atoms with van der Waals surface area (Å²) < 4.78 is 1.49. The van der Waals surface area contributed by atoms with E-state index in [4.69, 9.17) is 0 Å². The van der Waals surface area contributed by atoms with Crippen LogP contribution in [0.4, 0.5) is 0 Å². The van der Waals surface area contributed by atoms with Gasteiger partial charge in [0, 0.05) is 18.4 Å². The van der Waals surface area contributed by atoms with Gasteiger partial charge in [0.05, 0.1) is 16.8 Å². The van der Waals surface area contributed by atoms with Crippen LogP contribution in [0.25, 0.3) is 16.6 Å². The average molecular weight is 361 g/mol. The minimum atomic E-state index is -0.841. The highest BCUT2D eigenvalue weighted by atomic mass is 16.3. The lowest BCUT2D eigenvalue weighted by Gasteiger charge is -2.34. The Labute approximate surface area is 156 Å². The fourth-order valence-corrected chi connectivity index (χ4v) is 3.79. The highest BCUT2D eigenvalue weighted by Crippen LogP contribution is 2.41. The molecule has 0 bridgehead atoms. The third-order valence-electron chi connectivity index (χ3n) is 4.84. The lowest BCUT2D eigenvalue weighted by molar-refractivity contribution is -0.119. The molecule has 0 radical (unpaired) electrons. The van der Waals surface area contributed by atoms with Crippen molar-refractivity contribution in [2.24, 2.45) is 0 Å². The van der Waals surface area contributed by atoms with Gasteiger partial charge in [-0.1, -0.05) is 42.5 Å². The number of aliphatic hydroxyl groups is 1. The molecule has 1 aliphatic heterocycles. The van der Waals surface area contributed by atoms with Gasteiger partial charge in [0.1, 0.15) is 11.9 Å². The number of allylic oxidation sites excluding steroid dienone is 1. The topological polar surface area (TPSA) is 84.2 Å². The summed E-state index contributed by atoms with van der Waals surface area (Å²) in [5.41, 5.74) is 2.68. The van der Waals surface area contributed by atoms with E-state index in [1.165, 1.54) is 11.5 Å². The second-order valence-electron chi connectivity index (χ2n) is 6.66. The standard InChI is InChI=1S/C21H19N3O3/c1-12(25)17-18(14-8-4-3-5-9-14)19(22-13(2)26)21(27)24-16-11-7-6-10-15(16)23-20(17)24/h3-11,18-19,25H,1-2H3,(H,22,26)/t18-,19-/m0/s1. The lowest BCUT2D eigenvalue weighted by atomic mass is 9.80. The van der Waals surface area contributed by atoms with Crippen molar-refractivity contribution in [3.05, 3.63) is 71.7 Å². The zero-order chi connectivity index (χ0) is 19.1. The van der Waals surface area contributed by atoms with E-state index in [1.54, 1.807) is 6.92 Å². The molecule has 0 unspecified atom stereocenters. The van der Waals surface area contributed by atoms with E-state index in [-0.39, 0.29) is 17.6 Å². The molecule has 6 nitrogen and oxygen atoms in total. The largest absolute Gasteiger partial charge is 0.512 e. The van der Waals surface area contributed by atoms with Crippen molar-refractivity contribution >= 4 is 28.4 Å². The molecule has 2 N–H and O–H groups in total. The fraction of sp³-hybridized carbons (Fsp3) is 0.190. The summed E-state index contributed by atoms with van der Waals surface area (Å²) in [5, 5.41) is 13.3. The van der Waals surface area contributed by atoms with Crippen molar-refractivity contribution in [2.75, 3.05) is 0 Å². The van der Waals surface area contributed by atoms with Crippen LogP contribution in [0.15, 0.2) is 60.4 Å². The number of nitrogens with zero attached hydrogens (tertiary/aromatic N) is 2. The van der Waals surface area contributed by atoms with Gasteiger partial charge in [0.2, 0.25) is 5.91 Å². The molecule has 27 heavy (non-hydrogen) atoms. The Morgan fingerprint density at radius 1 is 1.07 bits per heavy atom. The van der Waals surface area contributed by atoms with Gasteiger partial charge in [0.15, 0.2) is 0 Å². The Morgan fingerprint density at radius 2 is 1.74 bits per heavy atom. The summed E-state index contributed by atoms with van der Waals surface area (Å²) in [6.07, 6.45) is 0. The smallest absolute Gasteiger partial charge is 0.256 e. The van der Waals surface area contributed by atoms with Gasteiger partial charge in [-0.25, -0.2) is 4.98 Å². The second kappa shape index (κ2) is 6.39. The second-order valence-corrected chi connectivity index (χ2v) is 6.66. The Hall–Kier alpha value is -3.41. The van der Waals surface area contributed by atoms with Crippen LogP contribution in [0.3, 0.4) is 0 Å². The van der Waals surface area contributed by atoms with Crippen LogP contribution >= 0.6 is 0 Å². The summed E-state index contributed by atoms with van der Waals surface area (Å²) in [4.78, 5) is 29.8. The number of carbonyl (C=O) groups is 2. The number of aliphatic hydroxyl groups excluding tert-OH is 1. The number of fused-ring (bicyclic) bond motifs is 3. The van der Waals surface area contributed by atoms with Gasteiger partial charge in [0.25, 0.3) is 5.91 Å². The van der Waals surface area contributed by atoms with Crippen molar-refractivity contribution in [3.63, 3.8) is 0 Å². The Kier molecular flexibility index (Phi) is 4.03. The van der Waals surface area contributed by atoms with Crippen LogP contribution in [0.1, 0.15) is 35.9 Å². The molecule has 3 aromatic rings. The van der Waals surface area contributed by atoms with Gasteiger partial charge in [-0.05, 0) is 24.6 Å². The first-order valence-corrected chi connectivity index (χ1v) is 8.73. The molecule has 4 rings (SSSR count). The van der Waals surface area contributed by atoms with Crippen molar-refractivity contribution < 1.29 is 14.7 Å². The number of rotatable bonds is 2. The monoisotopic (exact) mass is 361 g/mol. The summed E-state index contributed by atoms with van der Waals surface area (Å²) in [7, 11) is 0. The predicted molar refractivity (Wildman–Crippen MR) is 102 cm³/mol. The number of carbonyl (C=O) groups excluding carboxylic acids is 2. The molecule has 1 amide bonds. The fourth-order valence-electron chi connectivity index (χ4n) is 3.79. The number of amides is 1. The van der Waals surface area contributed by atoms with Crippen LogP contribution < -0.4 is 5.32 Å². The molecule has 0 saturated carbocycles. The van der Waals surface area contributed by atoms with E-state index in [2.05, 4.69) is 10.3 Å². The Morgan fingerprint density at radius 3 is 2.41 bits per heavy atom. The van der Waals surface area contributed by atoms with Crippen LogP contribution in [0.5, 0.6) is 0 Å². The normalized spacial score (nSPS) is 21.0.